The fraction of sp³-hybridized carbons (Fsp3) is 0.231. The molecule has 0 saturated heterocycles. The topological polar surface area (TPSA) is 3.24 Å². The van der Waals surface area contributed by atoms with Crippen LogP contribution in [0.1, 0.15) is 150 Å². The van der Waals surface area contributed by atoms with Gasteiger partial charge in [0.15, 0.2) is 0 Å². The minimum absolute atomic E-state index is 0.00536. The molecule has 0 spiro atoms. The molecule has 0 amide bonds. The first-order valence-electron chi connectivity index (χ1n) is 28.6. The monoisotopic (exact) mass is 1030 g/mol. The molecule has 0 unspecified atom stereocenters. The molecule has 10 aromatic rings. The summed E-state index contributed by atoms with van der Waals surface area (Å²) in [5.41, 5.74) is 25.0. The van der Waals surface area contributed by atoms with Gasteiger partial charge in [-0.25, -0.2) is 0 Å². The van der Waals surface area contributed by atoms with Crippen LogP contribution in [-0.4, -0.2) is 0 Å². The van der Waals surface area contributed by atoms with Crippen LogP contribution in [0, 0.1) is 0 Å². The highest BCUT2D eigenvalue weighted by Gasteiger charge is 2.49. The summed E-state index contributed by atoms with van der Waals surface area (Å²) in [5, 5.41) is 0. The molecule has 0 bridgehead atoms. The van der Waals surface area contributed by atoms with Gasteiger partial charge in [0.05, 0.1) is 16.5 Å². The van der Waals surface area contributed by atoms with Crippen molar-refractivity contribution in [3.63, 3.8) is 0 Å². The fourth-order valence-electron chi connectivity index (χ4n) is 13.2. The molecule has 0 aromatic heterocycles. The molecule has 1 nitrogen and oxygen atoms in total. The van der Waals surface area contributed by atoms with Crippen molar-refractivity contribution in [1.29, 1.82) is 0 Å². The lowest BCUT2D eigenvalue weighted by atomic mass is 9.66. The predicted octanol–water partition coefficient (Wildman–Crippen LogP) is 20.7. The Morgan fingerprint density at radius 1 is 0.266 bits per heavy atom. The second kappa shape index (κ2) is 18.8. The Morgan fingerprint density at radius 3 is 1.11 bits per heavy atom. The lowest BCUT2D eigenvalue weighted by molar-refractivity contribution is 0.588. The van der Waals surface area contributed by atoms with E-state index in [1.807, 2.05) is 0 Å². The summed E-state index contributed by atoms with van der Waals surface area (Å²) in [6.45, 7) is 27.7. The maximum Gasteiger partial charge on any atom is 0.0714 e. The fourth-order valence-corrected chi connectivity index (χ4v) is 13.2. The summed E-state index contributed by atoms with van der Waals surface area (Å²) in [6, 6.07) is 91.2. The molecule has 0 N–H and O–H groups in total. The largest absolute Gasteiger partial charge is 0.310 e. The Kier molecular flexibility index (Phi) is 12.3. The van der Waals surface area contributed by atoms with Crippen LogP contribution in [0.3, 0.4) is 0 Å². The third kappa shape index (κ3) is 8.51. The number of hydrogen-bond acceptors (Lipinski definition) is 1. The zero-order valence-corrected chi connectivity index (χ0v) is 48.5. The molecule has 79 heavy (non-hydrogen) atoms. The van der Waals surface area contributed by atoms with Crippen LogP contribution in [0.15, 0.2) is 237 Å². The summed E-state index contributed by atoms with van der Waals surface area (Å²) in [6.07, 6.45) is 0. The molecule has 10 aromatic carbocycles. The quantitative estimate of drug-likeness (QED) is 0.147. The Bertz CT molecular complexity index is 3770. The van der Waals surface area contributed by atoms with Crippen LogP contribution in [0.5, 0.6) is 0 Å². The van der Waals surface area contributed by atoms with Crippen LogP contribution < -0.4 is 4.90 Å². The Hall–Kier alpha value is -8.00. The molecular formula is C78H75N. The van der Waals surface area contributed by atoms with Gasteiger partial charge >= 0.3 is 0 Å². The number of anilines is 3. The van der Waals surface area contributed by atoms with Crippen molar-refractivity contribution in [2.75, 3.05) is 4.90 Å². The molecule has 392 valence electrons. The maximum atomic E-state index is 2.57. The van der Waals surface area contributed by atoms with E-state index in [0.29, 0.717) is 0 Å². The minimum Gasteiger partial charge on any atom is -0.310 e. The molecule has 0 radical (unpaired) electrons. The van der Waals surface area contributed by atoms with E-state index in [9.17, 15) is 0 Å². The lowest BCUT2D eigenvalue weighted by Crippen LogP contribution is -2.29. The number of fused-ring (bicyclic) bond motifs is 6. The minimum atomic E-state index is -0.620. The highest BCUT2D eigenvalue weighted by molar-refractivity contribution is 5.99. The van der Waals surface area contributed by atoms with Gasteiger partial charge < -0.3 is 4.90 Å². The smallest absolute Gasteiger partial charge is 0.0714 e. The summed E-state index contributed by atoms with van der Waals surface area (Å²) >= 11 is 0. The zero-order valence-electron chi connectivity index (χ0n) is 48.5. The Labute approximate surface area is 471 Å². The van der Waals surface area contributed by atoms with Crippen LogP contribution in [0.2, 0.25) is 0 Å². The van der Waals surface area contributed by atoms with Crippen LogP contribution in [-0.2, 0) is 32.5 Å². The van der Waals surface area contributed by atoms with Crippen molar-refractivity contribution in [3.05, 3.63) is 303 Å². The average Bonchev–Trinajstić information content (AvgIpc) is 4.07. The van der Waals surface area contributed by atoms with Gasteiger partial charge in [-0.2, -0.15) is 0 Å². The lowest BCUT2D eigenvalue weighted by Gasteiger charge is -2.36. The van der Waals surface area contributed by atoms with Crippen molar-refractivity contribution in [2.45, 2.75) is 116 Å². The molecule has 12 rings (SSSR count). The first kappa shape index (κ1) is 51.7. The highest BCUT2D eigenvalue weighted by atomic mass is 15.1. The molecular weight excluding hydrogens is 951 g/mol. The van der Waals surface area contributed by atoms with E-state index in [1.54, 1.807) is 0 Å². The van der Waals surface area contributed by atoms with E-state index < -0.39 is 10.8 Å². The third-order valence-corrected chi connectivity index (χ3v) is 17.5. The van der Waals surface area contributed by atoms with Crippen LogP contribution >= 0.6 is 0 Å². The van der Waals surface area contributed by atoms with Crippen molar-refractivity contribution in [2.24, 2.45) is 0 Å². The Balaban J connectivity index is 1.16. The summed E-state index contributed by atoms with van der Waals surface area (Å²) < 4.78 is 0. The molecule has 2 aliphatic carbocycles. The molecule has 2 aliphatic rings. The van der Waals surface area contributed by atoms with Gasteiger partial charge in [-0.1, -0.05) is 289 Å². The van der Waals surface area contributed by atoms with E-state index in [4.69, 9.17) is 0 Å². The summed E-state index contributed by atoms with van der Waals surface area (Å²) in [4.78, 5) is 2.57. The third-order valence-electron chi connectivity index (χ3n) is 17.5. The molecule has 0 saturated carbocycles. The van der Waals surface area contributed by atoms with E-state index in [2.05, 4.69) is 325 Å². The van der Waals surface area contributed by atoms with E-state index in [-0.39, 0.29) is 21.7 Å². The first-order valence-corrected chi connectivity index (χ1v) is 28.6. The van der Waals surface area contributed by atoms with Crippen molar-refractivity contribution in [3.8, 4) is 33.4 Å². The van der Waals surface area contributed by atoms with Gasteiger partial charge in [-0.15, -0.1) is 0 Å². The van der Waals surface area contributed by atoms with Gasteiger partial charge in [0.2, 0.25) is 0 Å². The van der Waals surface area contributed by atoms with Gasteiger partial charge in [0.1, 0.15) is 0 Å². The standard InChI is InChI=1S/C78H75N/c1-73(2,3)54-32-40-58(41-33-54)77(59-42-34-55(35-43-59)74(4,5)6)68-29-19-17-27-66(68)72-69(77)30-21-31-71(72)79(62-25-20-24-53(50-62)52-22-14-13-15-23-52)63-48-49-65-64-26-16-18-28-67(64)78(70(65)51-63,60-44-36-56(37-45-60)75(7,8)9)61-46-38-57(39-47-61)76(10,11)12/h13-51H,1-12H3. The van der Waals surface area contributed by atoms with Crippen molar-refractivity contribution < 1.29 is 0 Å². The number of nitrogens with zero attached hydrogens (tertiary/aromatic N) is 1. The van der Waals surface area contributed by atoms with E-state index in [1.165, 1.54) is 100 Å². The molecule has 1 heteroatoms. The average molecular weight is 1030 g/mol. The normalized spacial score (nSPS) is 14.3. The summed E-state index contributed by atoms with van der Waals surface area (Å²) in [7, 11) is 0. The number of hydrogen-bond donors (Lipinski definition) is 0. The van der Waals surface area contributed by atoms with E-state index in [0.717, 1.165) is 17.1 Å². The molecule has 0 aliphatic heterocycles. The van der Waals surface area contributed by atoms with Gasteiger partial charge in [0, 0.05) is 16.9 Å². The highest BCUT2D eigenvalue weighted by Crippen LogP contribution is 2.62. The maximum absolute atomic E-state index is 2.57. The van der Waals surface area contributed by atoms with Crippen LogP contribution in [0.25, 0.3) is 33.4 Å². The molecule has 0 fully saturated rings. The number of benzene rings is 10. The second-order valence-electron chi connectivity index (χ2n) is 26.6. The van der Waals surface area contributed by atoms with Crippen LogP contribution in [0.4, 0.5) is 17.1 Å². The number of rotatable bonds is 8. The van der Waals surface area contributed by atoms with E-state index >= 15 is 0 Å². The second-order valence-corrected chi connectivity index (χ2v) is 26.6. The molecule has 0 atom stereocenters. The first-order chi connectivity index (χ1) is 37.7. The SMILES string of the molecule is CC(C)(C)c1ccc(C2(c3ccc(C(C)(C)C)cc3)c3ccccc3-c3ccc(N(c4cccc(-c5ccccc5)c4)c4cccc5c4-c4ccccc4C5(c4ccc(C(C)(C)C)cc4)c4ccc(C(C)(C)C)cc4)cc32)cc1. The van der Waals surface area contributed by atoms with Crippen molar-refractivity contribution >= 4 is 17.1 Å². The Morgan fingerprint density at radius 2 is 0.633 bits per heavy atom. The van der Waals surface area contributed by atoms with Gasteiger partial charge in [-0.3, -0.25) is 0 Å². The molecule has 0 heterocycles. The predicted molar refractivity (Wildman–Crippen MR) is 336 cm³/mol. The van der Waals surface area contributed by atoms with Crippen molar-refractivity contribution in [1.82, 2.24) is 0 Å². The zero-order chi connectivity index (χ0) is 55.3. The summed E-state index contributed by atoms with van der Waals surface area (Å²) in [5.74, 6) is 0. The van der Waals surface area contributed by atoms with Gasteiger partial charge in [-0.05, 0) is 147 Å². The van der Waals surface area contributed by atoms with Gasteiger partial charge in [0.25, 0.3) is 0 Å².